The zero-order valence-electron chi connectivity index (χ0n) is 11.7. The first-order valence-corrected chi connectivity index (χ1v) is 6.65. The predicted octanol–water partition coefficient (Wildman–Crippen LogP) is 3.12. The Hall–Kier alpha value is -2.36. The Balaban J connectivity index is 2.03. The minimum atomic E-state index is 0.569. The lowest BCUT2D eigenvalue weighted by Gasteiger charge is -2.26. The van der Waals surface area contributed by atoms with E-state index >= 15 is 0 Å². The van der Waals surface area contributed by atoms with Gasteiger partial charge in [0.05, 0.1) is 11.4 Å². The standard InChI is InChI=1S/C16H18N2O2/c1-11-5-3-4-6-13(11)18(2)14-10-16-15(9-12(14)17)19-7-8-20-16/h3-6,9-10H,7-8,17H2,1-2H3. The Morgan fingerprint density at radius 2 is 1.65 bits per heavy atom. The smallest absolute Gasteiger partial charge is 0.163 e. The van der Waals surface area contributed by atoms with Crippen molar-refractivity contribution < 1.29 is 9.47 Å². The molecule has 0 spiro atoms. The summed E-state index contributed by atoms with van der Waals surface area (Å²) in [5.41, 5.74) is 10.1. The molecule has 0 fully saturated rings. The van der Waals surface area contributed by atoms with Crippen molar-refractivity contribution in [2.75, 3.05) is 30.9 Å². The molecule has 1 aliphatic rings. The molecule has 0 bridgehead atoms. The van der Waals surface area contributed by atoms with Gasteiger partial charge in [-0.25, -0.2) is 0 Å². The van der Waals surface area contributed by atoms with Gasteiger partial charge in [-0.3, -0.25) is 0 Å². The fourth-order valence-electron chi connectivity index (χ4n) is 2.45. The number of nitrogen functional groups attached to an aromatic ring is 1. The molecule has 0 aromatic heterocycles. The second kappa shape index (κ2) is 4.96. The number of aryl methyl sites for hydroxylation is 1. The Morgan fingerprint density at radius 3 is 2.35 bits per heavy atom. The van der Waals surface area contributed by atoms with E-state index in [9.17, 15) is 0 Å². The number of ether oxygens (including phenoxy) is 2. The molecule has 0 unspecified atom stereocenters. The van der Waals surface area contributed by atoms with Crippen molar-refractivity contribution in [2.24, 2.45) is 0 Å². The number of nitrogens with two attached hydrogens (primary N) is 1. The third kappa shape index (κ3) is 2.13. The van der Waals surface area contributed by atoms with Gasteiger partial charge in [-0.1, -0.05) is 18.2 Å². The van der Waals surface area contributed by atoms with Crippen LogP contribution in [0.3, 0.4) is 0 Å². The van der Waals surface area contributed by atoms with Gasteiger partial charge in [-0.15, -0.1) is 0 Å². The van der Waals surface area contributed by atoms with Crippen molar-refractivity contribution in [3.8, 4) is 11.5 Å². The van der Waals surface area contributed by atoms with Gasteiger partial charge < -0.3 is 20.1 Å². The van der Waals surface area contributed by atoms with Crippen LogP contribution in [-0.4, -0.2) is 20.3 Å². The Bertz CT molecular complexity index is 640. The van der Waals surface area contributed by atoms with Gasteiger partial charge in [0, 0.05) is 24.9 Å². The molecule has 104 valence electrons. The number of anilines is 3. The number of nitrogens with zero attached hydrogens (tertiary/aromatic N) is 1. The zero-order valence-corrected chi connectivity index (χ0v) is 11.7. The van der Waals surface area contributed by atoms with Crippen LogP contribution in [0.2, 0.25) is 0 Å². The van der Waals surface area contributed by atoms with Gasteiger partial charge in [0.2, 0.25) is 0 Å². The van der Waals surface area contributed by atoms with Crippen LogP contribution < -0.4 is 20.1 Å². The fraction of sp³-hybridized carbons (Fsp3) is 0.250. The molecule has 2 aromatic carbocycles. The quantitative estimate of drug-likeness (QED) is 0.852. The molecule has 1 heterocycles. The summed E-state index contributed by atoms with van der Waals surface area (Å²) < 4.78 is 11.2. The van der Waals surface area contributed by atoms with Gasteiger partial charge in [-0.2, -0.15) is 0 Å². The first-order chi connectivity index (χ1) is 9.66. The molecule has 3 rings (SSSR count). The summed E-state index contributed by atoms with van der Waals surface area (Å²) in [6.07, 6.45) is 0. The van der Waals surface area contributed by atoms with Crippen molar-refractivity contribution >= 4 is 17.1 Å². The molecule has 0 aliphatic carbocycles. The first-order valence-electron chi connectivity index (χ1n) is 6.65. The third-order valence-electron chi connectivity index (χ3n) is 3.53. The highest BCUT2D eigenvalue weighted by atomic mass is 16.6. The van der Waals surface area contributed by atoms with Crippen molar-refractivity contribution in [3.05, 3.63) is 42.0 Å². The minimum absolute atomic E-state index is 0.569. The maximum absolute atomic E-state index is 6.16. The maximum Gasteiger partial charge on any atom is 0.163 e. The van der Waals surface area contributed by atoms with Gasteiger partial charge in [0.15, 0.2) is 11.5 Å². The second-order valence-electron chi connectivity index (χ2n) is 4.90. The van der Waals surface area contributed by atoms with Crippen LogP contribution in [0.25, 0.3) is 0 Å². The number of fused-ring (bicyclic) bond motifs is 1. The molecule has 0 amide bonds. The molecule has 4 nitrogen and oxygen atoms in total. The fourth-order valence-corrected chi connectivity index (χ4v) is 2.45. The average molecular weight is 270 g/mol. The molecule has 2 aromatic rings. The van der Waals surface area contributed by atoms with E-state index in [0.717, 1.165) is 22.9 Å². The van der Waals surface area contributed by atoms with Crippen LogP contribution in [0.5, 0.6) is 11.5 Å². The van der Waals surface area contributed by atoms with E-state index in [1.54, 1.807) is 0 Å². The second-order valence-corrected chi connectivity index (χ2v) is 4.90. The summed E-state index contributed by atoms with van der Waals surface area (Å²) in [7, 11) is 2.00. The Labute approximate surface area is 118 Å². The largest absolute Gasteiger partial charge is 0.486 e. The predicted molar refractivity (Wildman–Crippen MR) is 81.1 cm³/mol. The highest BCUT2D eigenvalue weighted by molar-refractivity contribution is 5.79. The number of hydrogen-bond acceptors (Lipinski definition) is 4. The Kier molecular flexibility index (Phi) is 3.14. The molecule has 2 N–H and O–H groups in total. The molecule has 20 heavy (non-hydrogen) atoms. The van der Waals surface area contributed by atoms with Crippen LogP contribution in [0.4, 0.5) is 17.1 Å². The van der Waals surface area contributed by atoms with E-state index in [2.05, 4.69) is 24.0 Å². The summed E-state index contributed by atoms with van der Waals surface area (Å²) in [5, 5.41) is 0. The monoisotopic (exact) mass is 270 g/mol. The van der Waals surface area contributed by atoms with Gasteiger partial charge in [0.1, 0.15) is 13.2 Å². The van der Waals surface area contributed by atoms with E-state index in [1.165, 1.54) is 5.56 Å². The zero-order chi connectivity index (χ0) is 14.1. The van der Waals surface area contributed by atoms with Gasteiger partial charge >= 0.3 is 0 Å². The van der Waals surface area contributed by atoms with Crippen molar-refractivity contribution in [2.45, 2.75) is 6.92 Å². The summed E-state index contributed by atoms with van der Waals surface area (Å²) in [4.78, 5) is 2.07. The Morgan fingerprint density at radius 1 is 1.00 bits per heavy atom. The lowest BCUT2D eigenvalue weighted by atomic mass is 10.1. The third-order valence-corrected chi connectivity index (χ3v) is 3.53. The van der Waals surface area contributed by atoms with Crippen LogP contribution >= 0.6 is 0 Å². The van der Waals surface area contributed by atoms with E-state index in [-0.39, 0.29) is 0 Å². The molecule has 0 atom stereocenters. The lowest BCUT2D eigenvalue weighted by Crippen LogP contribution is -2.18. The molecular formula is C16H18N2O2. The summed E-state index contributed by atoms with van der Waals surface area (Å²) in [6.45, 7) is 3.23. The molecule has 0 radical (unpaired) electrons. The van der Waals surface area contributed by atoms with Gasteiger partial charge in [0.25, 0.3) is 0 Å². The van der Waals surface area contributed by atoms with Crippen molar-refractivity contribution in [1.29, 1.82) is 0 Å². The van der Waals surface area contributed by atoms with Crippen LogP contribution in [0, 0.1) is 6.92 Å². The van der Waals surface area contributed by atoms with Crippen LogP contribution in [-0.2, 0) is 0 Å². The SMILES string of the molecule is Cc1ccccc1N(C)c1cc2c(cc1N)OCCO2. The highest BCUT2D eigenvalue weighted by Crippen LogP contribution is 2.40. The molecule has 1 aliphatic heterocycles. The van der Waals surface area contributed by atoms with E-state index in [1.807, 2.05) is 31.3 Å². The van der Waals surface area contributed by atoms with Crippen LogP contribution in [0.1, 0.15) is 5.56 Å². The van der Waals surface area contributed by atoms with Gasteiger partial charge in [-0.05, 0) is 18.6 Å². The maximum atomic E-state index is 6.16. The normalized spacial score (nSPS) is 13.1. The number of rotatable bonds is 2. The number of hydrogen-bond donors (Lipinski definition) is 1. The average Bonchev–Trinajstić information content (AvgIpc) is 2.46. The molecule has 4 heteroatoms. The van der Waals surface area contributed by atoms with Crippen LogP contribution in [0.15, 0.2) is 36.4 Å². The number of para-hydroxylation sites is 1. The van der Waals surface area contributed by atoms with E-state index in [0.29, 0.717) is 18.9 Å². The van der Waals surface area contributed by atoms with Crippen molar-refractivity contribution in [1.82, 2.24) is 0 Å². The van der Waals surface area contributed by atoms with Crippen molar-refractivity contribution in [3.63, 3.8) is 0 Å². The molecule has 0 saturated carbocycles. The topological polar surface area (TPSA) is 47.7 Å². The lowest BCUT2D eigenvalue weighted by molar-refractivity contribution is 0.172. The summed E-state index contributed by atoms with van der Waals surface area (Å²) in [6, 6.07) is 12.0. The number of benzene rings is 2. The summed E-state index contributed by atoms with van der Waals surface area (Å²) in [5.74, 6) is 1.47. The highest BCUT2D eigenvalue weighted by Gasteiger charge is 2.17. The first kappa shape index (κ1) is 12.7. The van der Waals surface area contributed by atoms with E-state index in [4.69, 9.17) is 15.2 Å². The minimum Gasteiger partial charge on any atom is -0.486 e. The molecular weight excluding hydrogens is 252 g/mol. The van der Waals surface area contributed by atoms with E-state index < -0.39 is 0 Å². The summed E-state index contributed by atoms with van der Waals surface area (Å²) >= 11 is 0. The molecule has 0 saturated heterocycles.